The molecule has 1 unspecified atom stereocenters. The summed E-state index contributed by atoms with van der Waals surface area (Å²) in [5, 5.41) is 14.5. The van der Waals surface area contributed by atoms with Crippen LogP contribution in [0.25, 0.3) is 0 Å². The zero-order chi connectivity index (χ0) is 16.9. The summed E-state index contributed by atoms with van der Waals surface area (Å²) in [5.41, 5.74) is 1.87. The van der Waals surface area contributed by atoms with E-state index in [0.717, 1.165) is 30.0 Å². The zero-order valence-electron chi connectivity index (χ0n) is 13.9. The highest BCUT2D eigenvalue weighted by Gasteiger charge is 2.21. The third-order valence-electron chi connectivity index (χ3n) is 4.13. The number of β-amino-alcohol motifs (C(OH)–C–C–N with tert-alkyl or cyclic N) is 1. The first-order valence-electron chi connectivity index (χ1n) is 8.26. The Morgan fingerprint density at radius 3 is 3.12 bits per heavy atom. The second-order valence-corrected chi connectivity index (χ2v) is 6.00. The van der Waals surface area contributed by atoms with Gasteiger partial charge in [0.15, 0.2) is 0 Å². The van der Waals surface area contributed by atoms with Gasteiger partial charge in [0, 0.05) is 38.7 Å². The van der Waals surface area contributed by atoms with Crippen molar-refractivity contribution in [2.24, 2.45) is 0 Å². The molecular formula is C17H23N3O4. The molecule has 0 amide bonds. The molecular weight excluding hydrogens is 310 g/mol. The van der Waals surface area contributed by atoms with Gasteiger partial charge in [-0.25, -0.2) is 4.68 Å². The maximum absolute atomic E-state index is 11.9. The van der Waals surface area contributed by atoms with E-state index in [1.807, 2.05) is 13.0 Å². The van der Waals surface area contributed by atoms with E-state index < -0.39 is 6.10 Å². The Morgan fingerprint density at radius 2 is 2.38 bits per heavy atom. The Labute approximate surface area is 140 Å². The van der Waals surface area contributed by atoms with Crippen LogP contribution in [-0.4, -0.2) is 45.6 Å². The van der Waals surface area contributed by atoms with Gasteiger partial charge in [0.1, 0.15) is 12.4 Å². The van der Waals surface area contributed by atoms with Crippen molar-refractivity contribution in [2.45, 2.75) is 39.1 Å². The smallest absolute Gasteiger partial charge is 0.267 e. The van der Waals surface area contributed by atoms with Gasteiger partial charge in [-0.15, -0.1) is 0 Å². The highest BCUT2D eigenvalue weighted by atomic mass is 16.5. The molecule has 0 fully saturated rings. The molecule has 3 rings (SSSR count). The first-order valence-corrected chi connectivity index (χ1v) is 8.26. The molecule has 0 saturated heterocycles. The number of hydrogen-bond acceptors (Lipinski definition) is 6. The summed E-state index contributed by atoms with van der Waals surface area (Å²) in [5.74, 6) is 0.743. The van der Waals surface area contributed by atoms with Crippen LogP contribution in [0, 0.1) is 0 Å². The molecule has 0 aliphatic carbocycles. The lowest BCUT2D eigenvalue weighted by molar-refractivity contribution is 0.00295. The maximum Gasteiger partial charge on any atom is 0.267 e. The summed E-state index contributed by atoms with van der Waals surface area (Å²) in [6.45, 7) is 5.06. The lowest BCUT2D eigenvalue weighted by Gasteiger charge is -2.29. The van der Waals surface area contributed by atoms with Crippen LogP contribution in [0.15, 0.2) is 33.7 Å². The van der Waals surface area contributed by atoms with E-state index in [2.05, 4.69) is 10.00 Å². The Bertz CT molecular complexity index is 711. The number of aliphatic hydroxyl groups excluding tert-OH is 1. The second kappa shape index (κ2) is 7.74. The van der Waals surface area contributed by atoms with Crippen molar-refractivity contribution in [3.05, 3.63) is 51.8 Å². The summed E-state index contributed by atoms with van der Waals surface area (Å²) in [7, 11) is 0. The van der Waals surface area contributed by atoms with E-state index in [0.29, 0.717) is 26.2 Å². The van der Waals surface area contributed by atoms with Crippen LogP contribution in [0.3, 0.4) is 0 Å². The lowest BCUT2D eigenvalue weighted by atomic mass is 10.1. The fourth-order valence-electron chi connectivity index (χ4n) is 2.92. The minimum Gasteiger partial charge on any atom is -0.467 e. The minimum atomic E-state index is -0.578. The Kier molecular flexibility index (Phi) is 5.44. The molecule has 1 aliphatic heterocycles. The molecule has 2 aromatic heterocycles. The Balaban J connectivity index is 1.50. The van der Waals surface area contributed by atoms with Crippen LogP contribution in [0.4, 0.5) is 0 Å². The lowest BCUT2D eigenvalue weighted by Crippen LogP contribution is -2.40. The molecule has 0 spiro atoms. The molecule has 0 saturated carbocycles. The molecule has 2 aromatic rings. The number of aryl methyl sites for hydroxylation is 1. The summed E-state index contributed by atoms with van der Waals surface area (Å²) < 4.78 is 12.1. The van der Waals surface area contributed by atoms with E-state index in [-0.39, 0.29) is 12.2 Å². The van der Waals surface area contributed by atoms with E-state index in [4.69, 9.17) is 9.15 Å². The summed E-state index contributed by atoms with van der Waals surface area (Å²) in [6, 6.07) is 5.31. The Hall–Kier alpha value is -1.96. The fraction of sp³-hybridized carbons (Fsp3) is 0.529. The van der Waals surface area contributed by atoms with Crippen molar-refractivity contribution >= 4 is 0 Å². The molecule has 1 N–H and O–H groups in total. The largest absolute Gasteiger partial charge is 0.467 e. The highest BCUT2D eigenvalue weighted by Crippen LogP contribution is 2.15. The number of ether oxygens (including phenoxy) is 1. The van der Waals surface area contributed by atoms with Gasteiger partial charge in [0.05, 0.1) is 24.7 Å². The first-order chi connectivity index (χ1) is 11.7. The SMILES string of the molecule is CCn1nc2c(cc1=O)CN(CC(O)COCc1ccco1)CC2. The van der Waals surface area contributed by atoms with Gasteiger partial charge < -0.3 is 14.3 Å². The maximum atomic E-state index is 11.9. The molecule has 7 heteroatoms. The molecule has 7 nitrogen and oxygen atoms in total. The van der Waals surface area contributed by atoms with Gasteiger partial charge in [0.25, 0.3) is 5.56 Å². The minimum absolute atomic E-state index is 0.0690. The number of rotatable bonds is 7. The molecule has 3 heterocycles. The molecule has 130 valence electrons. The van der Waals surface area contributed by atoms with E-state index in [1.54, 1.807) is 18.4 Å². The van der Waals surface area contributed by atoms with Crippen molar-refractivity contribution < 1.29 is 14.3 Å². The average molecular weight is 333 g/mol. The normalized spacial score (nSPS) is 16.1. The van der Waals surface area contributed by atoms with E-state index in [9.17, 15) is 9.90 Å². The quantitative estimate of drug-likeness (QED) is 0.807. The van der Waals surface area contributed by atoms with Crippen molar-refractivity contribution in [1.82, 2.24) is 14.7 Å². The van der Waals surface area contributed by atoms with Crippen molar-refractivity contribution in [2.75, 3.05) is 19.7 Å². The van der Waals surface area contributed by atoms with E-state index >= 15 is 0 Å². The number of nitrogens with zero attached hydrogens (tertiary/aromatic N) is 3. The molecule has 24 heavy (non-hydrogen) atoms. The molecule has 1 aliphatic rings. The molecule has 0 aromatic carbocycles. The molecule has 0 bridgehead atoms. The van der Waals surface area contributed by atoms with Crippen molar-refractivity contribution in [3.8, 4) is 0 Å². The van der Waals surface area contributed by atoms with Crippen LogP contribution >= 0.6 is 0 Å². The average Bonchev–Trinajstić information content (AvgIpc) is 3.07. The van der Waals surface area contributed by atoms with Crippen LogP contribution in [0.5, 0.6) is 0 Å². The van der Waals surface area contributed by atoms with Crippen LogP contribution in [-0.2, 0) is 30.9 Å². The van der Waals surface area contributed by atoms with Gasteiger partial charge in [-0.05, 0) is 24.6 Å². The zero-order valence-corrected chi connectivity index (χ0v) is 13.9. The fourth-order valence-corrected chi connectivity index (χ4v) is 2.92. The number of aliphatic hydroxyl groups is 1. The standard InChI is InChI=1S/C17H23N3O4/c1-2-20-17(22)8-13-9-19(6-5-16(13)18-20)10-14(21)11-23-12-15-4-3-7-24-15/h3-4,7-8,14,21H,2,5-6,9-12H2,1H3. The third-order valence-corrected chi connectivity index (χ3v) is 4.13. The van der Waals surface area contributed by atoms with Crippen molar-refractivity contribution in [3.63, 3.8) is 0 Å². The van der Waals surface area contributed by atoms with Gasteiger partial charge >= 0.3 is 0 Å². The van der Waals surface area contributed by atoms with Gasteiger partial charge in [-0.3, -0.25) is 9.69 Å². The summed E-state index contributed by atoms with van der Waals surface area (Å²) in [6.07, 6.45) is 1.81. The first kappa shape index (κ1) is 16.9. The van der Waals surface area contributed by atoms with Gasteiger partial charge in [-0.2, -0.15) is 5.10 Å². The predicted molar refractivity (Wildman–Crippen MR) is 87.5 cm³/mol. The molecule has 1 atom stereocenters. The summed E-state index contributed by atoms with van der Waals surface area (Å²) >= 11 is 0. The predicted octanol–water partition coefficient (Wildman–Crippen LogP) is 0.792. The second-order valence-electron chi connectivity index (χ2n) is 6.00. The van der Waals surface area contributed by atoms with E-state index in [1.165, 1.54) is 4.68 Å². The number of furan rings is 1. The van der Waals surface area contributed by atoms with Crippen molar-refractivity contribution in [1.29, 1.82) is 0 Å². The number of fused-ring (bicyclic) bond motifs is 1. The topological polar surface area (TPSA) is 80.7 Å². The monoisotopic (exact) mass is 333 g/mol. The summed E-state index contributed by atoms with van der Waals surface area (Å²) in [4.78, 5) is 14.0. The number of aromatic nitrogens is 2. The highest BCUT2D eigenvalue weighted by molar-refractivity contribution is 5.20. The molecule has 0 radical (unpaired) electrons. The van der Waals surface area contributed by atoms with Crippen LogP contribution in [0.1, 0.15) is 23.9 Å². The van der Waals surface area contributed by atoms with Gasteiger partial charge in [-0.1, -0.05) is 0 Å². The van der Waals surface area contributed by atoms with Crippen LogP contribution < -0.4 is 5.56 Å². The third kappa shape index (κ3) is 4.11. The van der Waals surface area contributed by atoms with Gasteiger partial charge in [0.2, 0.25) is 0 Å². The Morgan fingerprint density at radius 1 is 1.50 bits per heavy atom. The number of hydrogen-bond donors (Lipinski definition) is 1. The van der Waals surface area contributed by atoms with Crippen LogP contribution in [0.2, 0.25) is 0 Å².